The van der Waals surface area contributed by atoms with Crippen LogP contribution >= 0.6 is 0 Å². The fraction of sp³-hybridized carbons (Fsp3) is 0.500. The van der Waals surface area contributed by atoms with Crippen LogP contribution in [0.15, 0.2) is 18.2 Å². The summed E-state index contributed by atoms with van der Waals surface area (Å²) in [4.78, 5) is 12.5. The van der Waals surface area contributed by atoms with Crippen molar-refractivity contribution in [2.45, 2.75) is 25.6 Å². The van der Waals surface area contributed by atoms with Crippen LogP contribution in [0.2, 0.25) is 0 Å². The average Bonchev–Trinajstić information content (AvgIpc) is 2.78. The molecule has 3 nitrogen and oxygen atoms in total. The van der Waals surface area contributed by atoms with Crippen molar-refractivity contribution in [2.75, 3.05) is 18.1 Å². The number of rotatable bonds is 3. The molecule has 0 amide bonds. The number of nitrogens with zero attached hydrogens (tertiary/aromatic N) is 1. The molecule has 1 saturated heterocycles. The van der Waals surface area contributed by atoms with Gasteiger partial charge in [0.25, 0.3) is 0 Å². The van der Waals surface area contributed by atoms with Crippen LogP contribution in [0.4, 0.5) is 18.9 Å². The molecule has 1 N–H and O–H groups in total. The molecule has 2 unspecified atom stereocenters. The summed E-state index contributed by atoms with van der Waals surface area (Å²) in [5, 5.41) is 9.38. The van der Waals surface area contributed by atoms with Gasteiger partial charge in [-0.25, -0.2) is 0 Å². The zero-order valence-corrected chi connectivity index (χ0v) is 11.0. The molecule has 0 bridgehead atoms. The first-order valence-electron chi connectivity index (χ1n) is 6.42. The summed E-state index contributed by atoms with van der Waals surface area (Å²) < 4.78 is 38.8. The standard InChI is InChI=1S/C14H16F3NO2/c1-9-4-5-18(13(9)8-20)11-3-2-10(7-19)12(6-11)14(15,16)17/h2-3,6-7,9,13,20H,4-5,8H2,1H3. The molecule has 20 heavy (non-hydrogen) atoms. The summed E-state index contributed by atoms with van der Waals surface area (Å²) in [7, 11) is 0. The Morgan fingerprint density at radius 1 is 1.45 bits per heavy atom. The van der Waals surface area contributed by atoms with Crippen LogP contribution in [0.5, 0.6) is 0 Å². The monoisotopic (exact) mass is 287 g/mol. The lowest BCUT2D eigenvalue weighted by atomic mass is 10.0. The lowest BCUT2D eigenvalue weighted by molar-refractivity contribution is -0.137. The van der Waals surface area contributed by atoms with Crippen LogP contribution in [0.25, 0.3) is 0 Å². The van der Waals surface area contributed by atoms with Crippen molar-refractivity contribution in [3.8, 4) is 0 Å². The second kappa shape index (κ2) is 5.44. The van der Waals surface area contributed by atoms with Crippen LogP contribution in [0.1, 0.15) is 29.3 Å². The predicted octanol–water partition coefficient (Wildman–Crippen LogP) is 2.73. The summed E-state index contributed by atoms with van der Waals surface area (Å²) in [6, 6.07) is 3.49. The first-order chi connectivity index (χ1) is 9.38. The van der Waals surface area contributed by atoms with E-state index in [4.69, 9.17) is 0 Å². The molecule has 1 aliphatic heterocycles. The zero-order chi connectivity index (χ0) is 14.9. The number of aliphatic hydroxyl groups is 1. The Balaban J connectivity index is 2.41. The lowest BCUT2D eigenvalue weighted by Gasteiger charge is -2.28. The Bertz CT molecular complexity index is 502. The number of anilines is 1. The second-order valence-electron chi connectivity index (χ2n) is 5.10. The predicted molar refractivity (Wildman–Crippen MR) is 68.8 cm³/mol. The minimum Gasteiger partial charge on any atom is -0.394 e. The maximum absolute atomic E-state index is 12.9. The van der Waals surface area contributed by atoms with Crippen molar-refractivity contribution < 1.29 is 23.1 Å². The molecule has 1 heterocycles. The third-order valence-corrected chi connectivity index (χ3v) is 3.87. The SMILES string of the molecule is CC1CCN(c2ccc(C=O)c(C(F)(F)F)c2)C1CO. The van der Waals surface area contributed by atoms with Crippen LogP contribution in [-0.2, 0) is 6.18 Å². The maximum atomic E-state index is 12.9. The Hall–Kier alpha value is -1.56. The van der Waals surface area contributed by atoms with Gasteiger partial charge in [0, 0.05) is 17.8 Å². The number of benzene rings is 1. The van der Waals surface area contributed by atoms with E-state index in [-0.39, 0.29) is 30.4 Å². The van der Waals surface area contributed by atoms with Crippen LogP contribution in [-0.4, -0.2) is 30.6 Å². The highest BCUT2D eigenvalue weighted by Gasteiger charge is 2.36. The Morgan fingerprint density at radius 3 is 2.70 bits per heavy atom. The van der Waals surface area contributed by atoms with E-state index >= 15 is 0 Å². The summed E-state index contributed by atoms with van der Waals surface area (Å²) in [5.41, 5.74) is -0.901. The topological polar surface area (TPSA) is 40.5 Å². The fourth-order valence-corrected chi connectivity index (χ4v) is 2.68. The fourth-order valence-electron chi connectivity index (χ4n) is 2.68. The first-order valence-corrected chi connectivity index (χ1v) is 6.42. The minimum absolute atomic E-state index is 0.0993. The molecule has 2 atom stereocenters. The molecule has 1 aromatic carbocycles. The number of hydrogen-bond acceptors (Lipinski definition) is 3. The average molecular weight is 287 g/mol. The Morgan fingerprint density at radius 2 is 2.15 bits per heavy atom. The van der Waals surface area contributed by atoms with Crippen LogP contribution < -0.4 is 4.90 Å². The number of carbonyl (C=O) groups is 1. The molecular weight excluding hydrogens is 271 g/mol. The van der Waals surface area contributed by atoms with E-state index in [1.54, 1.807) is 4.90 Å². The Labute approximate surface area is 115 Å². The number of carbonyl (C=O) groups excluding carboxylic acids is 1. The maximum Gasteiger partial charge on any atom is 0.417 e. The molecule has 1 aromatic rings. The molecule has 110 valence electrons. The molecule has 6 heteroatoms. The third kappa shape index (κ3) is 2.65. The van der Waals surface area contributed by atoms with E-state index in [2.05, 4.69) is 0 Å². The van der Waals surface area contributed by atoms with Gasteiger partial charge < -0.3 is 10.0 Å². The largest absolute Gasteiger partial charge is 0.417 e. The Kier molecular flexibility index (Phi) is 4.04. The van der Waals surface area contributed by atoms with E-state index < -0.39 is 11.7 Å². The molecule has 0 aliphatic carbocycles. The van der Waals surface area contributed by atoms with Crippen molar-refractivity contribution in [1.82, 2.24) is 0 Å². The van der Waals surface area contributed by atoms with Gasteiger partial charge in [-0.15, -0.1) is 0 Å². The number of hydrogen-bond donors (Lipinski definition) is 1. The molecule has 0 radical (unpaired) electrons. The number of alkyl halides is 3. The van der Waals surface area contributed by atoms with Gasteiger partial charge in [-0.3, -0.25) is 4.79 Å². The van der Waals surface area contributed by atoms with Crippen LogP contribution in [0.3, 0.4) is 0 Å². The van der Waals surface area contributed by atoms with Gasteiger partial charge >= 0.3 is 6.18 Å². The van der Waals surface area contributed by atoms with E-state index in [0.717, 1.165) is 12.5 Å². The molecule has 0 saturated carbocycles. The van der Waals surface area contributed by atoms with Gasteiger partial charge in [-0.1, -0.05) is 6.92 Å². The van der Waals surface area contributed by atoms with Crippen molar-refractivity contribution >= 4 is 12.0 Å². The molecule has 0 spiro atoms. The van der Waals surface area contributed by atoms with E-state index in [0.29, 0.717) is 12.2 Å². The highest BCUT2D eigenvalue weighted by molar-refractivity contribution is 5.79. The minimum atomic E-state index is -4.56. The second-order valence-corrected chi connectivity index (χ2v) is 5.10. The summed E-state index contributed by atoms with van der Waals surface area (Å²) in [6.07, 6.45) is -3.53. The van der Waals surface area contributed by atoms with Crippen molar-refractivity contribution in [2.24, 2.45) is 5.92 Å². The van der Waals surface area contributed by atoms with E-state index in [1.165, 1.54) is 12.1 Å². The van der Waals surface area contributed by atoms with Crippen molar-refractivity contribution in [3.05, 3.63) is 29.3 Å². The molecule has 2 rings (SSSR count). The zero-order valence-electron chi connectivity index (χ0n) is 11.0. The van der Waals surface area contributed by atoms with Crippen LogP contribution in [0, 0.1) is 5.92 Å². The molecule has 1 aliphatic rings. The highest BCUT2D eigenvalue weighted by atomic mass is 19.4. The van der Waals surface area contributed by atoms with Gasteiger partial charge in [0.05, 0.1) is 18.2 Å². The summed E-state index contributed by atoms with van der Waals surface area (Å²) in [5.74, 6) is 0.222. The van der Waals surface area contributed by atoms with Gasteiger partial charge in [0.15, 0.2) is 6.29 Å². The molecule has 0 aromatic heterocycles. The van der Waals surface area contributed by atoms with Crippen molar-refractivity contribution in [3.63, 3.8) is 0 Å². The third-order valence-electron chi connectivity index (χ3n) is 3.87. The van der Waals surface area contributed by atoms with Gasteiger partial charge in [-0.2, -0.15) is 13.2 Å². The quantitative estimate of drug-likeness (QED) is 0.869. The smallest absolute Gasteiger partial charge is 0.394 e. The highest BCUT2D eigenvalue weighted by Crippen LogP contribution is 2.36. The number of aldehydes is 1. The van der Waals surface area contributed by atoms with E-state index in [9.17, 15) is 23.1 Å². The molecule has 1 fully saturated rings. The van der Waals surface area contributed by atoms with Gasteiger partial charge in [0.2, 0.25) is 0 Å². The lowest BCUT2D eigenvalue weighted by Crippen LogP contribution is -2.35. The summed E-state index contributed by atoms with van der Waals surface area (Å²) in [6.45, 7) is 2.47. The number of halogens is 3. The first kappa shape index (κ1) is 14.8. The number of aliphatic hydroxyl groups excluding tert-OH is 1. The summed E-state index contributed by atoms with van der Waals surface area (Å²) >= 11 is 0. The molecular formula is C14H16F3NO2. The van der Waals surface area contributed by atoms with E-state index in [1.807, 2.05) is 6.92 Å². The normalized spacial score (nSPS) is 23.1. The van der Waals surface area contributed by atoms with Gasteiger partial charge in [0.1, 0.15) is 0 Å². The van der Waals surface area contributed by atoms with Gasteiger partial charge in [-0.05, 0) is 30.5 Å². The van der Waals surface area contributed by atoms with Crippen molar-refractivity contribution in [1.29, 1.82) is 0 Å².